The highest BCUT2D eigenvalue weighted by molar-refractivity contribution is 6.06. The summed E-state index contributed by atoms with van der Waals surface area (Å²) in [6, 6.07) is 9.36. The fourth-order valence-corrected chi connectivity index (χ4v) is 4.17. The van der Waals surface area contributed by atoms with Gasteiger partial charge in [-0.05, 0) is 64.1 Å². The first-order valence-corrected chi connectivity index (χ1v) is 11.3. The summed E-state index contributed by atoms with van der Waals surface area (Å²) < 4.78 is 5.84. The largest absolute Gasteiger partial charge is 0.478 e. The number of aromatic nitrogens is 1. The third-order valence-electron chi connectivity index (χ3n) is 6.00. The molecule has 8 nitrogen and oxygen atoms in total. The van der Waals surface area contributed by atoms with Crippen molar-refractivity contribution in [2.45, 2.75) is 32.1 Å². The van der Waals surface area contributed by atoms with E-state index in [1.165, 1.54) is 0 Å². The molecule has 0 aliphatic heterocycles. The van der Waals surface area contributed by atoms with E-state index in [9.17, 15) is 9.59 Å². The molecule has 3 N–H and O–H groups in total. The number of carbonyl (C=O) groups is 2. The van der Waals surface area contributed by atoms with Gasteiger partial charge >= 0.3 is 6.09 Å². The van der Waals surface area contributed by atoms with Gasteiger partial charge in [0, 0.05) is 31.1 Å². The van der Waals surface area contributed by atoms with Gasteiger partial charge in [0.05, 0.1) is 17.7 Å². The van der Waals surface area contributed by atoms with Gasteiger partial charge in [0.25, 0.3) is 5.91 Å². The molecule has 1 aliphatic rings. The second-order valence-electron chi connectivity index (χ2n) is 8.81. The fourth-order valence-electron chi connectivity index (χ4n) is 4.17. The van der Waals surface area contributed by atoms with E-state index in [4.69, 9.17) is 9.84 Å². The number of ether oxygens (including phenoxy) is 1. The molecule has 0 spiro atoms. The predicted molar refractivity (Wildman–Crippen MR) is 124 cm³/mol. The van der Waals surface area contributed by atoms with E-state index in [-0.39, 0.29) is 5.91 Å². The normalized spacial score (nSPS) is 18.5. The molecule has 1 fully saturated rings. The Balaban J connectivity index is 1.57. The first-order valence-electron chi connectivity index (χ1n) is 11.3. The summed E-state index contributed by atoms with van der Waals surface area (Å²) in [4.78, 5) is 30.4. The number of fused-ring (bicyclic) bond motifs is 1. The van der Waals surface area contributed by atoms with Crippen LogP contribution >= 0.6 is 0 Å². The lowest BCUT2D eigenvalue weighted by Crippen LogP contribution is -2.34. The smallest absolute Gasteiger partial charge is 0.404 e. The molecule has 1 aromatic heterocycles. The molecule has 0 radical (unpaired) electrons. The minimum Gasteiger partial charge on any atom is -0.478 e. The van der Waals surface area contributed by atoms with Gasteiger partial charge < -0.3 is 25.4 Å². The summed E-state index contributed by atoms with van der Waals surface area (Å²) in [6.07, 6.45) is 3.85. The minimum absolute atomic E-state index is 0.114. The van der Waals surface area contributed by atoms with Crippen LogP contribution in [0.3, 0.4) is 0 Å². The maximum atomic E-state index is 13.0. The van der Waals surface area contributed by atoms with Crippen molar-refractivity contribution in [3.8, 4) is 5.88 Å². The molecule has 0 saturated heterocycles. The number of para-hydroxylation sites is 1. The number of nitrogens with zero attached hydrogens (tertiary/aromatic N) is 2. The molecule has 174 valence electrons. The van der Waals surface area contributed by atoms with Crippen molar-refractivity contribution < 1.29 is 19.4 Å². The predicted octanol–water partition coefficient (Wildman–Crippen LogP) is 3.37. The van der Waals surface area contributed by atoms with Crippen LogP contribution < -0.4 is 15.4 Å². The van der Waals surface area contributed by atoms with Crippen LogP contribution in [0.4, 0.5) is 4.79 Å². The van der Waals surface area contributed by atoms with E-state index >= 15 is 0 Å². The number of carbonyl (C=O) groups excluding carboxylic acids is 1. The first kappa shape index (κ1) is 23.8. The van der Waals surface area contributed by atoms with Crippen molar-refractivity contribution in [2.75, 3.05) is 40.3 Å². The molecule has 1 saturated carbocycles. The molecule has 2 aromatic rings. The number of pyridine rings is 1. The highest BCUT2D eigenvalue weighted by Gasteiger charge is 2.22. The van der Waals surface area contributed by atoms with Crippen molar-refractivity contribution in [1.29, 1.82) is 0 Å². The Kier molecular flexibility index (Phi) is 8.67. The van der Waals surface area contributed by atoms with Crippen LogP contribution in [0, 0.1) is 11.8 Å². The molecule has 0 bridgehead atoms. The van der Waals surface area contributed by atoms with Crippen LogP contribution in [0.25, 0.3) is 10.9 Å². The lowest BCUT2D eigenvalue weighted by atomic mass is 9.82. The lowest BCUT2D eigenvalue weighted by Gasteiger charge is -2.28. The van der Waals surface area contributed by atoms with Crippen LogP contribution in [-0.2, 0) is 0 Å². The zero-order valence-electron chi connectivity index (χ0n) is 19.0. The zero-order chi connectivity index (χ0) is 22.9. The van der Waals surface area contributed by atoms with Crippen LogP contribution in [0.1, 0.15) is 42.5 Å². The van der Waals surface area contributed by atoms with E-state index in [1.54, 1.807) is 6.07 Å². The standard InChI is InChI=1S/C24H34N4O4/c1-28(2)12-5-13-32-22-14-20(19-6-3-4-7-21(19)27-22)23(29)25-15-17-8-10-18(11-9-17)16-26-24(30)31/h3-4,6-7,14,17-18,26H,5,8-13,15-16H2,1-2H3,(H,25,29)(H,30,31)/t17-,18-. The molecule has 1 aromatic carbocycles. The third kappa shape index (κ3) is 7.09. The molecule has 0 unspecified atom stereocenters. The van der Waals surface area contributed by atoms with Crippen LogP contribution in [0.5, 0.6) is 5.88 Å². The van der Waals surface area contributed by atoms with Gasteiger partial charge in [0.2, 0.25) is 5.88 Å². The van der Waals surface area contributed by atoms with Crippen molar-refractivity contribution in [3.63, 3.8) is 0 Å². The Hall–Kier alpha value is -2.87. The molecule has 3 rings (SSSR count). The number of carboxylic acid groups (broad SMARTS) is 1. The molecule has 2 amide bonds. The van der Waals surface area contributed by atoms with E-state index in [2.05, 4.69) is 20.5 Å². The van der Waals surface area contributed by atoms with Crippen molar-refractivity contribution in [2.24, 2.45) is 11.8 Å². The second kappa shape index (κ2) is 11.7. The fraction of sp³-hybridized carbons (Fsp3) is 0.542. The number of nitrogens with one attached hydrogen (secondary N) is 2. The van der Waals surface area contributed by atoms with Gasteiger partial charge in [-0.2, -0.15) is 0 Å². The Morgan fingerprint density at radius 2 is 1.75 bits per heavy atom. The van der Waals surface area contributed by atoms with Gasteiger partial charge in [0.15, 0.2) is 0 Å². The van der Waals surface area contributed by atoms with Crippen molar-refractivity contribution in [3.05, 3.63) is 35.9 Å². The number of hydrogen-bond donors (Lipinski definition) is 3. The third-order valence-corrected chi connectivity index (χ3v) is 6.00. The van der Waals surface area contributed by atoms with Crippen molar-refractivity contribution >= 4 is 22.9 Å². The molecular formula is C24H34N4O4. The van der Waals surface area contributed by atoms with E-state index < -0.39 is 6.09 Å². The first-order chi connectivity index (χ1) is 15.4. The lowest BCUT2D eigenvalue weighted by molar-refractivity contribution is 0.0942. The average Bonchev–Trinajstić information content (AvgIpc) is 2.79. The summed E-state index contributed by atoms with van der Waals surface area (Å²) in [7, 11) is 4.05. The Bertz CT molecular complexity index is 910. The molecule has 32 heavy (non-hydrogen) atoms. The number of benzene rings is 1. The molecule has 0 atom stereocenters. The Morgan fingerprint density at radius 3 is 2.41 bits per heavy atom. The van der Waals surface area contributed by atoms with E-state index in [1.807, 2.05) is 38.4 Å². The Labute approximate surface area is 189 Å². The van der Waals surface area contributed by atoms with Crippen LogP contribution in [-0.4, -0.2) is 67.3 Å². The zero-order valence-corrected chi connectivity index (χ0v) is 19.0. The summed E-state index contributed by atoms with van der Waals surface area (Å²) in [6.45, 7) is 2.60. The maximum absolute atomic E-state index is 13.0. The molecular weight excluding hydrogens is 408 g/mol. The number of hydrogen-bond acceptors (Lipinski definition) is 5. The summed E-state index contributed by atoms with van der Waals surface area (Å²) in [5, 5.41) is 15.1. The van der Waals surface area contributed by atoms with E-state index in [0.29, 0.717) is 43.0 Å². The van der Waals surface area contributed by atoms with Gasteiger partial charge in [-0.3, -0.25) is 4.79 Å². The highest BCUT2D eigenvalue weighted by atomic mass is 16.5. The molecule has 1 aliphatic carbocycles. The van der Waals surface area contributed by atoms with Gasteiger partial charge in [-0.1, -0.05) is 18.2 Å². The van der Waals surface area contributed by atoms with E-state index in [0.717, 1.165) is 49.6 Å². The van der Waals surface area contributed by atoms with Crippen LogP contribution in [0.15, 0.2) is 30.3 Å². The monoisotopic (exact) mass is 442 g/mol. The van der Waals surface area contributed by atoms with Gasteiger partial charge in [-0.25, -0.2) is 9.78 Å². The molecule has 1 heterocycles. The maximum Gasteiger partial charge on any atom is 0.404 e. The SMILES string of the molecule is CN(C)CCCOc1cc(C(=O)NC[C@H]2CC[C@H](CNC(=O)O)CC2)c2ccccc2n1. The van der Waals surface area contributed by atoms with Crippen LogP contribution in [0.2, 0.25) is 0 Å². The summed E-state index contributed by atoms with van der Waals surface area (Å²) >= 11 is 0. The highest BCUT2D eigenvalue weighted by Crippen LogP contribution is 2.28. The quantitative estimate of drug-likeness (QED) is 0.488. The summed E-state index contributed by atoms with van der Waals surface area (Å²) in [5.41, 5.74) is 1.33. The summed E-state index contributed by atoms with van der Waals surface area (Å²) in [5.74, 6) is 1.15. The van der Waals surface area contributed by atoms with Gasteiger partial charge in [-0.15, -0.1) is 0 Å². The topological polar surface area (TPSA) is 104 Å². The second-order valence-corrected chi connectivity index (χ2v) is 8.81. The van der Waals surface area contributed by atoms with Gasteiger partial charge in [0.1, 0.15) is 0 Å². The molecule has 8 heteroatoms. The number of amides is 2. The minimum atomic E-state index is -0.968. The number of rotatable bonds is 10. The van der Waals surface area contributed by atoms with Crippen molar-refractivity contribution in [1.82, 2.24) is 20.5 Å². The Morgan fingerprint density at radius 1 is 1.09 bits per heavy atom. The average molecular weight is 443 g/mol.